The summed E-state index contributed by atoms with van der Waals surface area (Å²) in [5.74, 6) is -1.38. The molecule has 0 unspecified atom stereocenters. The van der Waals surface area contributed by atoms with Gasteiger partial charge >= 0.3 is 0 Å². The van der Waals surface area contributed by atoms with Gasteiger partial charge in [0.15, 0.2) is 5.13 Å². The number of carbonyl (C=O) groups is 3. The topological polar surface area (TPSA) is 105 Å². The summed E-state index contributed by atoms with van der Waals surface area (Å²) in [6.45, 7) is -0.347. The highest BCUT2D eigenvalue weighted by Gasteiger charge is 2.36. The predicted octanol–water partition coefficient (Wildman–Crippen LogP) is 2.63. The van der Waals surface area contributed by atoms with Gasteiger partial charge in [-0.2, -0.15) is 0 Å². The van der Waals surface area contributed by atoms with E-state index < -0.39 is 17.7 Å². The molecule has 1 aliphatic rings. The summed E-state index contributed by atoms with van der Waals surface area (Å²) >= 11 is 1.33. The second-order valence-corrected chi connectivity index (χ2v) is 6.83. The number of anilines is 2. The van der Waals surface area contributed by atoms with Gasteiger partial charge in [0.05, 0.1) is 16.8 Å². The Hall–Kier alpha value is -3.52. The third-order valence-corrected chi connectivity index (χ3v) is 4.82. The van der Waals surface area contributed by atoms with Gasteiger partial charge in [-0.15, -0.1) is 11.3 Å². The molecule has 3 amide bonds. The lowest BCUT2D eigenvalue weighted by Gasteiger charge is -2.14. The van der Waals surface area contributed by atoms with Crippen LogP contribution in [0.5, 0.6) is 0 Å². The first kappa shape index (κ1) is 16.9. The number of nitrogens with one attached hydrogen (secondary N) is 1. The van der Waals surface area contributed by atoms with Gasteiger partial charge in [0.2, 0.25) is 5.91 Å². The molecule has 8 heteroatoms. The summed E-state index contributed by atoms with van der Waals surface area (Å²) in [5.41, 5.74) is 8.36. The Kier molecular flexibility index (Phi) is 4.17. The van der Waals surface area contributed by atoms with Crippen molar-refractivity contribution in [1.82, 2.24) is 9.88 Å². The number of fused-ring (bicyclic) bond motifs is 1. The van der Waals surface area contributed by atoms with Crippen LogP contribution in [0.4, 0.5) is 10.8 Å². The normalized spacial score (nSPS) is 13.0. The minimum atomic E-state index is -0.461. The van der Waals surface area contributed by atoms with Crippen LogP contribution in [0.2, 0.25) is 0 Å². The molecule has 1 aromatic heterocycles. The van der Waals surface area contributed by atoms with Crippen LogP contribution in [0, 0.1) is 0 Å². The third-order valence-electron chi connectivity index (χ3n) is 4.14. The number of benzene rings is 2. The van der Waals surface area contributed by atoms with Gasteiger partial charge in [0.25, 0.3) is 11.8 Å². The molecule has 134 valence electrons. The Morgan fingerprint density at radius 2 is 1.78 bits per heavy atom. The van der Waals surface area contributed by atoms with Crippen LogP contribution in [-0.2, 0) is 4.79 Å². The zero-order valence-corrected chi connectivity index (χ0v) is 14.8. The minimum Gasteiger partial charge on any atom is -0.375 e. The van der Waals surface area contributed by atoms with Gasteiger partial charge < -0.3 is 11.1 Å². The van der Waals surface area contributed by atoms with Crippen LogP contribution in [-0.4, -0.2) is 34.2 Å². The number of carbonyl (C=O) groups excluding carboxylic acids is 3. The lowest BCUT2D eigenvalue weighted by atomic mass is 10.1. The Morgan fingerprint density at radius 1 is 1.07 bits per heavy atom. The number of hydrogen-bond acceptors (Lipinski definition) is 6. The van der Waals surface area contributed by atoms with E-state index in [4.69, 9.17) is 5.73 Å². The van der Waals surface area contributed by atoms with E-state index in [1.54, 1.807) is 42.5 Å². The Bertz CT molecular complexity index is 1040. The molecule has 0 atom stereocenters. The highest BCUT2D eigenvalue weighted by molar-refractivity contribution is 7.13. The van der Waals surface area contributed by atoms with Crippen molar-refractivity contribution in [3.63, 3.8) is 0 Å². The number of hydrogen-bond donors (Lipinski definition) is 2. The molecule has 3 aromatic rings. The van der Waals surface area contributed by atoms with Gasteiger partial charge in [-0.25, -0.2) is 4.98 Å². The van der Waals surface area contributed by atoms with Crippen molar-refractivity contribution in [2.75, 3.05) is 17.6 Å². The smallest absolute Gasteiger partial charge is 0.262 e. The van der Waals surface area contributed by atoms with E-state index >= 15 is 0 Å². The SMILES string of the molecule is Nc1nc(-c2cccc(NC(=O)CN3C(=O)c4ccccc4C3=O)c2)cs1. The molecular weight excluding hydrogens is 364 g/mol. The van der Waals surface area contributed by atoms with E-state index in [-0.39, 0.29) is 6.54 Å². The van der Waals surface area contributed by atoms with Crippen molar-refractivity contribution >= 4 is 39.9 Å². The molecule has 0 fully saturated rings. The Balaban J connectivity index is 1.48. The molecule has 7 nitrogen and oxygen atoms in total. The van der Waals surface area contributed by atoms with Crippen LogP contribution >= 0.6 is 11.3 Å². The second-order valence-electron chi connectivity index (χ2n) is 5.94. The first-order valence-electron chi connectivity index (χ1n) is 8.09. The largest absolute Gasteiger partial charge is 0.375 e. The summed E-state index contributed by atoms with van der Waals surface area (Å²) in [4.78, 5) is 42.2. The summed E-state index contributed by atoms with van der Waals surface area (Å²) in [7, 11) is 0. The van der Waals surface area contributed by atoms with Gasteiger partial charge in [0, 0.05) is 16.6 Å². The molecule has 0 bridgehead atoms. The van der Waals surface area contributed by atoms with Crippen LogP contribution < -0.4 is 11.1 Å². The third kappa shape index (κ3) is 3.18. The predicted molar refractivity (Wildman–Crippen MR) is 102 cm³/mol. The van der Waals surface area contributed by atoms with Crippen molar-refractivity contribution in [1.29, 1.82) is 0 Å². The Labute approximate surface area is 158 Å². The van der Waals surface area contributed by atoms with Crippen LogP contribution in [0.1, 0.15) is 20.7 Å². The maximum absolute atomic E-state index is 12.4. The molecule has 0 radical (unpaired) electrons. The fourth-order valence-electron chi connectivity index (χ4n) is 2.90. The van der Waals surface area contributed by atoms with E-state index in [1.165, 1.54) is 11.3 Å². The second kappa shape index (κ2) is 6.65. The maximum atomic E-state index is 12.4. The molecule has 27 heavy (non-hydrogen) atoms. The van der Waals surface area contributed by atoms with Crippen LogP contribution in [0.15, 0.2) is 53.9 Å². The quantitative estimate of drug-likeness (QED) is 0.679. The van der Waals surface area contributed by atoms with Gasteiger partial charge in [-0.05, 0) is 24.3 Å². The molecule has 0 spiro atoms. The van der Waals surface area contributed by atoms with Gasteiger partial charge in [-0.1, -0.05) is 24.3 Å². The summed E-state index contributed by atoms with van der Waals surface area (Å²) in [6, 6.07) is 13.6. The number of rotatable bonds is 4. The molecule has 1 aliphatic heterocycles. The zero-order chi connectivity index (χ0) is 19.0. The first-order valence-corrected chi connectivity index (χ1v) is 8.97. The lowest BCUT2D eigenvalue weighted by Crippen LogP contribution is -2.37. The Morgan fingerprint density at radius 3 is 2.41 bits per heavy atom. The van der Waals surface area contributed by atoms with E-state index in [2.05, 4.69) is 10.3 Å². The first-order chi connectivity index (χ1) is 13.0. The fraction of sp³-hybridized carbons (Fsp3) is 0.0526. The average Bonchev–Trinajstić information content (AvgIpc) is 3.20. The number of nitrogens with zero attached hydrogens (tertiary/aromatic N) is 2. The number of aromatic nitrogens is 1. The standard InChI is InChI=1S/C19H14N4O3S/c20-19-22-15(10-27-19)11-4-3-5-12(8-11)21-16(24)9-23-17(25)13-6-1-2-7-14(13)18(23)26/h1-8,10H,9H2,(H2,20,22)(H,21,24). The molecule has 0 aliphatic carbocycles. The molecule has 0 saturated heterocycles. The highest BCUT2D eigenvalue weighted by atomic mass is 32.1. The van der Waals surface area contributed by atoms with Crippen molar-refractivity contribution in [2.45, 2.75) is 0 Å². The van der Waals surface area contributed by atoms with Crippen LogP contribution in [0.3, 0.4) is 0 Å². The number of nitrogen functional groups attached to an aromatic ring is 1. The summed E-state index contributed by atoms with van der Waals surface area (Å²) in [5, 5.41) is 5.00. The number of nitrogens with two attached hydrogens (primary N) is 1. The van der Waals surface area contributed by atoms with Crippen molar-refractivity contribution in [3.8, 4) is 11.3 Å². The van der Waals surface area contributed by atoms with Crippen molar-refractivity contribution < 1.29 is 14.4 Å². The fourth-order valence-corrected chi connectivity index (χ4v) is 3.48. The highest BCUT2D eigenvalue weighted by Crippen LogP contribution is 2.26. The number of imide groups is 1. The zero-order valence-electron chi connectivity index (χ0n) is 14.0. The van der Waals surface area contributed by atoms with E-state index in [0.29, 0.717) is 27.6 Å². The van der Waals surface area contributed by atoms with Crippen molar-refractivity contribution in [3.05, 3.63) is 65.0 Å². The molecule has 0 saturated carbocycles. The lowest BCUT2D eigenvalue weighted by molar-refractivity contribution is -0.116. The molecule has 3 N–H and O–H groups in total. The van der Waals surface area contributed by atoms with E-state index in [0.717, 1.165) is 10.5 Å². The van der Waals surface area contributed by atoms with Crippen molar-refractivity contribution in [2.24, 2.45) is 0 Å². The number of thiazole rings is 1. The molecule has 2 aromatic carbocycles. The number of amides is 3. The summed E-state index contributed by atoms with van der Waals surface area (Å²) in [6.07, 6.45) is 0. The monoisotopic (exact) mass is 378 g/mol. The van der Waals surface area contributed by atoms with Gasteiger partial charge in [-0.3, -0.25) is 19.3 Å². The van der Waals surface area contributed by atoms with Crippen LogP contribution in [0.25, 0.3) is 11.3 Å². The molecule has 2 heterocycles. The molecule has 4 rings (SSSR count). The average molecular weight is 378 g/mol. The summed E-state index contributed by atoms with van der Waals surface area (Å²) < 4.78 is 0. The van der Waals surface area contributed by atoms with Gasteiger partial charge in [0.1, 0.15) is 6.54 Å². The van der Waals surface area contributed by atoms with E-state index in [1.807, 2.05) is 11.4 Å². The van der Waals surface area contributed by atoms with E-state index in [9.17, 15) is 14.4 Å². The molecular formula is C19H14N4O3S. The minimum absolute atomic E-state index is 0.318. The maximum Gasteiger partial charge on any atom is 0.262 e.